The molecule has 154 valence electrons. The van der Waals surface area contributed by atoms with Crippen molar-refractivity contribution < 1.29 is 0 Å². The molecule has 0 amide bonds. The van der Waals surface area contributed by atoms with Gasteiger partial charge < -0.3 is 0 Å². The molecule has 2 aromatic carbocycles. The fraction of sp³-hybridized carbons (Fsp3) is 0. The maximum absolute atomic E-state index is 9.64. The van der Waals surface area contributed by atoms with Crippen LogP contribution in [0.5, 0.6) is 0 Å². The van der Waals surface area contributed by atoms with Gasteiger partial charge in [-0.1, -0.05) is 24.3 Å². The number of nitrogens with zero attached hydrogens (tertiary/aromatic N) is 6. The molecule has 0 N–H and O–H groups in total. The van der Waals surface area contributed by atoms with Crippen molar-refractivity contribution in [3.8, 4) is 57.3 Å². The average Bonchev–Trinajstić information content (AvgIpc) is 3.45. The van der Waals surface area contributed by atoms with E-state index in [2.05, 4.69) is 12.1 Å². The lowest BCUT2D eigenvalue weighted by Crippen LogP contribution is -2.00. The molecule has 2 heterocycles. The average molecular weight is 469 g/mol. The standard InChI is InChI=1S/C26H8N6S2/c27-9-15-1-5-17(6-2-15)23-21-22(26(33-23)20(13-31)14-32)24(34-25(21)19(11-29)12-30)18-7-3-16(10-28)4-8-18/h1-8H. The zero-order valence-corrected chi connectivity index (χ0v) is 18.8. The topological polar surface area (TPSA) is 143 Å². The monoisotopic (exact) mass is 468 g/mol. The first-order valence-corrected chi connectivity index (χ1v) is 11.2. The highest BCUT2D eigenvalue weighted by atomic mass is 32.1. The van der Waals surface area contributed by atoms with Gasteiger partial charge in [-0.05, 0) is 35.4 Å². The fourth-order valence-corrected chi connectivity index (χ4v) is 6.13. The zero-order chi connectivity index (χ0) is 24.2. The van der Waals surface area contributed by atoms with Gasteiger partial charge in [0.25, 0.3) is 0 Å². The molecule has 2 aromatic heterocycles. The first kappa shape index (κ1) is 22.0. The van der Waals surface area contributed by atoms with Crippen molar-refractivity contribution in [1.29, 1.82) is 31.6 Å². The predicted molar refractivity (Wildman–Crippen MR) is 129 cm³/mol. The molecule has 0 aliphatic heterocycles. The number of fused-ring (bicyclic) bond motifs is 1. The van der Waals surface area contributed by atoms with E-state index in [1.54, 1.807) is 48.5 Å². The van der Waals surface area contributed by atoms with Crippen LogP contribution in [0.1, 0.15) is 11.1 Å². The van der Waals surface area contributed by atoms with Gasteiger partial charge in [0.05, 0.1) is 32.3 Å². The molecule has 8 heteroatoms. The predicted octanol–water partition coefficient (Wildman–Crippen LogP) is 4.44. The third-order valence-corrected chi connectivity index (χ3v) is 7.53. The van der Waals surface area contributed by atoms with E-state index in [-0.39, 0.29) is 11.1 Å². The molecule has 34 heavy (non-hydrogen) atoms. The molecule has 0 radical (unpaired) electrons. The molecule has 0 bridgehead atoms. The summed E-state index contributed by atoms with van der Waals surface area (Å²) in [5, 5.41) is 58.1. The normalized spacial score (nSPS) is 9.59. The van der Waals surface area contributed by atoms with Crippen LogP contribution in [0, 0.1) is 68.0 Å². The van der Waals surface area contributed by atoms with Gasteiger partial charge in [0.15, 0.2) is 0 Å². The Morgan fingerprint density at radius 1 is 0.500 bits per heavy atom. The van der Waals surface area contributed by atoms with Gasteiger partial charge >= 0.3 is 0 Å². The second-order valence-electron chi connectivity index (χ2n) is 6.85. The van der Waals surface area contributed by atoms with E-state index in [4.69, 9.17) is 10.5 Å². The van der Waals surface area contributed by atoms with Gasteiger partial charge in [0.1, 0.15) is 35.4 Å². The molecule has 4 rings (SSSR count). The molecule has 0 fully saturated rings. The lowest BCUT2D eigenvalue weighted by atomic mass is 10.0. The molecule has 0 saturated heterocycles. The van der Waals surface area contributed by atoms with Crippen LogP contribution in [0.15, 0.2) is 48.5 Å². The second kappa shape index (κ2) is 9.10. The molecule has 0 atom stereocenters. The summed E-state index contributed by atoms with van der Waals surface area (Å²) in [6.07, 6.45) is 0. The molecular formula is C26H8N6S2. The van der Waals surface area contributed by atoms with Crippen molar-refractivity contribution >= 4 is 44.6 Å². The maximum Gasteiger partial charge on any atom is 0.147 e. The zero-order valence-electron chi connectivity index (χ0n) is 17.1. The van der Waals surface area contributed by atoms with Crippen LogP contribution >= 0.6 is 22.7 Å². The Hall–Kier alpha value is -5.22. The number of nitriles is 6. The number of benzene rings is 2. The Kier molecular flexibility index (Phi) is 5.89. The summed E-state index contributed by atoms with van der Waals surface area (Å²) >= 11 is 2.46. The fourth-order valence-electron chi connectivity index (χ4n) is 3.47. The summed E-state index contributed by atoms with van der Waals surface area (Å²) in [6.45, 7) is 0. The SMILES string of the molecule is N#CC(C#N)=c1sc(-c2ccc(C#N)cc2)c2c(=C(C#N)C#N)sc(-c3ccc(C#N)cc3)c12. The Bertz CT molecular complexity index is 1670. The molecule has 0 aliphatic carbocycles. The van der Waals surface area contributed by atoms with E-state index in [1.165, 1.54) is 22.7 Å². The van der Waals surface area contributed by atoms with Crippen LogP contribution < -0.4 is 9.06 Å². The van der Waals surface area contributed by atoms with E-state index in [0.29, 0.717) is 40.7 Å². The Balaban J connectivity index is 2.27. The molecule has 0 saturated carbocycles. The maximum atomic E-state index is 9.64. The summed E-state index contributed by atoms with van der Waals surface area (Å²) < 4.78 is 0.882. The van der Waals surface area contributed by atoms with Crippen LogP contribution in [-0.2, 0) is 0 Å². The highest BCUT2D eigenvalue weighted by molar-refractivity contribution is 7.20. The van der Waals surface area contributed by atoms with Crippen molar-refractivity contribution in [1.82, 2.24) is 0 Å². The van der Waals surface area contributed by atoms with Crippen LogP contribution in [0.4, 0.5) is 0 Å². The third-order valence-electron chi connectivity index (χ3n) is 5.02. The van der Waals surface area contributed by atoms with Gasteiger partial charge in [0, 0.05) is 20.5 Å². The summed E-state index contributed by atoms with van der Waals surface area (Å²) in [5.41, 5.74) is 2.26. The number of thiophene rings is 2. The smallest absolute Gasteiger partial charge is 0.147 e. The Morgan fingerprint density at radius 2 is 0.824 bits per heavy atom. The lowest BCUT2D eigenvalue weighted by molar-refractivity contribution is 1.49. The van der Waals surface area contributed by atoms with E-state index >= 15 is 0 Å². The Labute approximate surface area is 201 Å². The van der Waals surface area contributed by atoms with Crippen molar-refractivity contribution in [2.75, 3.05) is 0 Å². The number of rotatable bonds is 2. The van der Waals surface area contributed by atoms with Gasteiger partial charge in [-0.25, -0.2) is 0 Å². The highest BCUT2D eigenvalue weighted by Crippen LogP contribution is 2.39. The van der Waals surface area contributed by atoms with E-state index in [1.807, 2.05) is 24.3 Å². The molecule has 0 spiro atoms. The van der Waals surface area contributed by atoms with Gasteiger partial charge in [0.2, 0.25) is 0 Å². The van der Waals surface area contributed by atoms with E-state index < -0.39 is 0 Å². The van der Waals surface area contributed by atoms with Crippen LogP contribution in [0.3, 0.4) is 0 Å². The summed E-state index contributed by atoms with van der Waals surface area (Å²) in [4.78, 5) is 1.37. The summed E-state index contributed by atoms with van der Waals surface area (Å²) in [6, 6.07) is 25.6. The number of hydrogen-bond acceptors (Lipinski definition) is 8. The van der Waals surface area contributed by atoms with E-state index in [9.17, 15) is 21.0 Å². The van der Waals surface area contributed by atoms with Crippen LogP contribution in [0.25, 0.3) is 42.8 Å². The molecule has 0 aliphatic rings. The minimum absolute atomic E-state index is 0.0791. The first-order chi connectivity index (χ1) is 16.6. The minimum Gasteiger partial charge on any atom is -0.192 e. The summed E-state index contributed by atoms with van der Waals surface area (Å²) in [7, 11) is 0. The highest BCUT2D eigenvalue weighted by Gasteiger charge is 2.22. The third kappa shape index (κ3) is 3.55. The summed E-state index contributed by atoms with van der Waals surface area (Å²) in [5.74, 6) is 0. The molecule has 4 aromatic rings. The van der Waals surface area contributed by atoms with Crippen molar-refractivity contribution in [2.45, 2.75) is 0 Å². The van der Waals surface area contributed by atoms with Crippen molar-refractivity contribution in [3.05, 3.63) is 68.7 Å². The first-order valence-electron chi connectivity index (χ1n) is 9.55. The van der Waals surface area contributed by atoms with Crippen molar-refractivity contribution in [3.63, 3.8) is 0 Å². The minimum atomic E-state index is -0.0791. The van der Waals surface area contributed by atoms with E-state index in [0.717, 1.165) is 11.1 Å². The Morgan fingerprint density at radius 3 is 1.09 bits per heavy atom. The number of hydrogen-bond donors (Lipinski definition) is 0. The van der Waals surface area contributed by atoms with Gasteiger partial charge in [-0.15, -0.1) is 22.7 Å². The largest absolute Gasteiger partial charge is 0.192 e. The van der Waals surface area contributed by atoms with Crippen LogP contribution in [0.2, 0.25) is 0 Å². The lowest BCUT2D eigenvalue weighted by Gasteiger charge is -1.98. The van der Waals surface area contributed by atoms with Crippen molar-refractivity contribution in [2.24, 2.45) is 0 Å². The van der Waals surface area contributed by atoms with Crippen LogP contribution in [-0.4, -0.2) is 0 Å². The molecule has 6 nitrogen and oxygen atoms in total. The van der Waals surface area contributed by atoms with Gasteiger partial charge in [-0.3, -0.25) is 0 Å². The molecule has 0 unspecified atom stereocenters. The molecular weight excluding hydrogens is 460 g/mol. The second-order valence-corrected chi connectivity index (χ2v) is 8.89. The quantitative estimate of drug-likeness (QED) is 0.425. The van der Waals surface area contributed by atoms with Gasteiger partial charge in [-0.2, -0.15) is 31.6 Å².